The summed E-state index contributed by atoms with van der Waals surface area (Å²) in [5, 5.41) is 2.77. The summed E-state index contributed by atoms with van der Waals surface area (Å²) in [5.41, 5.74) is 7.13. The average Bonchev–Trinajstić information content (AvgIpc) is 2.84. The Morgan fingerprint density at radius 2 is 1.72 bits per heavy atom. The molecule has 0 aliphatic carbocycles. The first kappa shape index (κ1) is 22.9. The van der Waals surface area contributed by atoms with Crippen molar-refractivity contribution in [1.82, 2.24) is 10.2 Å². The van der Waals surface area contributed by atoms with Crippen LogP contribution in [0, 0.1) is 0 Å². The van der Waals surface area contributed by atoms with Crippen molar-refractivity contribution in [1.29, 1.82) is 0 Å². The number of hydrogen-bond donors (Lipinski definition) is 2. The highest BCUT2D eigenvalue weighted by Crippen LogP contribution is 2.51. The van der Waals surface area contributed by atoms with E-state index in [4.69, 9.17) is 15.2 Å². The minimum atomic E-state index is -0.903. The van der Waals surface area contributed by atoms with Gasteiger partial charge in [0.2, 0.25) is 5.91 Å². The van der Waals surface area contributed by atoms with Crippen LogP contribution in [-0.4, -0.2) is 58.8 Å². The Labute approximate surface area is 175 Å². The van der Waals surface area contributed by atoms with E-state index in [-0.39, 0.29) is 6.42 Å². The van der Waals surface area contributed by atoms with Crippen LogP contribution in [0.15, 0.2) is 24.3 Å². The molecule has 29 heavy (non-hydrogen) atoms. The van der Waals surface area contributed by atoms with Gasteiger partial charge in [-0.3, -0.25) is 9.69 Å². The zero-order valence-electron chi connectivity index (χ0n) is 17.6. The number of hydrogen-bond acceptors (Lipinski definition) is 7. The third-order valence-corrected chi connectivity index (χ3v) is 6.30. The van der Waals surface area contributed by atoms with Crippen LogP contribution in [0.4, 0.5) is 10.5 Å². The molecule has 3 N–H and O–H groups in total. The largest absolute Gasteiger partial charge is 0.467 e. The third-order valence-electron chi connectivity index (χ3n) is 4.85. The van der Waals surface area contributed by atoms with Gasteiger partial charge >= 0.3 is 12.1 Å². The second kappa shape index (κ2) is 8.52. The minimum Gasteiger partial charge on any atom is -0.467 e. The van der Waals surface area contributed by atoms with E-state index < -0.39 is 39.7 Å². The lowest BCUT2D eigenvalue weighted by molar-refractivity contribution is -0.145. The lowest BCUT2D eigenvalue weighted by atomic mass is 9.98. The number of ether oxygens (including phenoxy) is 2. The van der Waals surface area contributed by atoms with E-state index >= 15 is 0 Å². The molecule has 0 radical (unpaired) electrons. The molecule has 160 valence electrons. The zero-order chi connectivity index (χ0) is 22.0. The Bertz CT molecular complexity index is 779. The van der Waals surface area contributed by atoms with Gasteiger partial charge in [-0.25, -0.2) is 9.59 Å². The molecular weight excluding hydrogens is 394 g/mol. The Morgan fingerprint density at radius 1 is 1.14 bits per heavy atom. The molecule has 1 aliphatic rings. The molecule has 0 saturated carbocycles. The molecule has 0 spiro atoms. The molecule has 1 aliphatic heterocycles. The topological polar surface area (TPSA) is 111 Å². The quantitative estimate of drug-likeness (QED) is 0.551. The van der Waals surface area contributed by atoms with E-state index in [1.54, 1.807) is 24.3 Å². The van der Waals surface area contributed by atoms with Gasteiger partial charge in [-0.1, -0.05) is 12.1 Å². The number of nitrogen functional groups attached to an aromatic ring is 1. The number of nitrogens with zero attached hydrogens (tertiary/aromatic N) is 1. The summed E-state index contributed by atoms with van der Waals surface area (Å²) >= 11 is 1.49. The van der Waals surface area contributed by atoms with E-state index in [0.29, 0.717) is 5.69 Å². The highest BCUT2D eigenvalue weighted by Gasteiger charge is 2.57. The molecule has 1 fully saturated rings. The number of amides is 2. The number of anilines is 1. The van der Waals surface area contributed by atoms with Crippen molar-refractivity contribution in [3.63, 3.8) is 0 Å². The predicted molar refractivity (Wildman–Crippen MR) is 112 cm³/mol. The summed E-state index contributed by atoms with van der Waals surface area (Å²) in [5.74, 6) is -1.01. The summed E-state index contributed by atoms with van der Waals surface area (Å²) in [4.78, 5) is 38.8. The summed E-state index contributed by atoms with van der Waals surface area (Å²) in [7, 11) is 2.55. The first-order valence-electron chi connectivity index (χ1n) is 9.23. The number of nitrogens with two attached hydrogens (primary N) is 1. The van der Waals surface area contributed by atoms with Crippen molar-refractivity contribution in [3.8, 4) is 0 Å². The van der Waals surface area contributed by atoms with Crippen molar-refractivity contribution < 1.29 is 23.9 Å². The number of methoxy groups -OCH3 is 2. The van der Waals surface area contributed by atoms with Crippen molar-refractivity contribution in [3.05, 3.63) is 29.8 Å². The van der Waals surface area contributed by atoms with Crippen LogP contribution in [0.25, 0.3) is 0 Å². The van der Waals surface area contributed by atoms with Crippen LogP contribution in [0.1, 0.15) is 33.3 Å². The monoisotopic (exact) mass is 423 g/mol. The van der Waals surface area contributed by atoms with Crippen molar-refractivity contribution in [2.45, 2.75) is 55.8 Å². The number of rotatable bonds is 5. The van der Waals surface area contributed by atoms with Crippen molar-refractivity contribution in [2.24, 2.45) is 0 Å². The fourth-order valence-corrected chi connectivity index (χ4v) is 5.59. The summed E-state index contributed by atoms with van der Waals surface area (Å²) in [6.07, 6.45) is -0.359. The highest BCUT2D eigenvalue weighted by molar-refractivity contribution is 8.02. The summed E-state index contributed by atoms with van der Waals surface area (Å²) < 4.78 is 9.19. The van der Waals surface area contributed by atoms with E-state index in [2.05, 4.69) is 5.32 Å². The smallest absolute Gasteiger partial charge is 0.411 e. The van der Waals surface area contributed by atoms with E-state index in [9.17, 15) is 14.4 Å². The Kier molecular flexibility index (Phi) is 6.72. The number of carbonyl (C=O) groups excluding carboxylic acids is 3. The van der Waals surface area contributed by atoms with Crippen LogP contribution in [0.2, 0.25) is 0 Å². The zero-order valence-corrected chi connectivity index (χ0v) is 18.5. The lowest BCUT2D eigenvalue weighted by Crippen LogP contribution is -2.59. The predicted octanol–water partition coefficient (Wildman–Crippen LogP) is 2.17. The lowest BCUT2D eigenvalue weighted by Gasteiger charge is -2.34. The minimum absolute atomic E-state index is 0.237. The van der Waals surface area contributed by atoms with E-state index in [1.165, 1.54) is 30.9 Å². The third kappa shape index (κ3) is 4.95. The van der Waals surface area contributed by atoms with Crippen LogP contribution in [-0.2, 0) is 25.5 Å². The molecule has 0 aromatic heterocycles. The average molecular weight is 424 g/mol. The summed E-state index contributed by atoms with van der Waals surface area (Å²) in [6.45, 7) is 7.49. The molecule has 1 saturated heterocycles. The fourth-order valence-electron chi connectivity index (χ4n) is 3.70. The second-order valence-corrected chi connectivity index (χ2v) is 10.2. The number of esters is 1. The molecule has 1 heterocycles. The first-order valence-corrected chi connectivity index (χ1v) is 10.0. The molecule has 1 aromatic carbocycles. The molecule has 2 rings (SSSR count). The molecule has 2 atom stereocenters. The number of nitrogens with one attached hydrogen (secondary N) is 1. The molecule has 8 nitrogen and oxygen atoms in total. The SMILES string of the molecule is COC(=O)C(Cc1ccc(N)cc1)NC(=O)C1N(C(=O)OC)C(C)(C)SC1(C)C. The van der Waals surface area contributed by atoms with E-state index in [0.717, 1.165) is 5.56 Å². The maximum absolute atomic E-state index is 13.3. The maximum Gasteiger partial charge on any atom is 0.411 e. The molecule has 2 amide bonds. The van der Waals surface area contributed by atoms with Gasteiger partial charge in [0.25, 0.3) is 0 Å². The van der Waals surface area contributed by atoms with E-state index in [1.807, 2.05) is 27.7 Å². The molecular formula is C20H29N3O5S. The number of benzene rings is 1. The van der Waals surface area contributed by atoms with Crippen LogP contribution >= 0.6 is 11.8 Å². The molecule has 2 unspecified atom stereocenters. The molecule has 0 bridgehead atoms. The van der Waals surface area contributed by atoms with Gasteiger partial charge in [0, 0.05) is 16.9 Å². The summed E-state index contributed by atoms with van der Waals surface area (Å²) in [6, 6.07) is 5.30. The van der Waals surface area contributed by atoms with Crippen molar-refractivity contribution >= 4 is 35.4 Å². The maximum atomic E-state index is 13.3. The Morgan fingerprint density at radius 3 is 2.24 bits per heavy atom. The van der Waals surface area contributed by atoms with Gasteiger partial charge in [0.15, 0.2) is 0 Å². The van der Waals surface area contributed by atoms with Gasteiger partial charge in [0.1, 0.15) is 12.1 Å². The molecule has 9 heteroatoms. The van der Waals surface area contributed by atoms with Crippen molar-refractivity contribution in [2.75, 3.05) is 20.0 Å². The van der Waals surface area contributed by atoms with Gasteiger partial charge in [-0.05, 0) is 45.4 Å². The normalized spacial score (nSPS) is 20.6. The first-order chi connectivity index (χ1) is 13.4. The van der Waals surface area contributed by atoms with Gasteiger partial charge in [-0.2, -0.15) is 0 Å². The second-order valence-electron chi connectivity index (χ2n) is 7.92. The van der Waals surface area contributed by atoms with Crippen LogP contribution in [0.5, 0.6) is 0 Å². The highest BCUT2D eigenvalue weighted by atomic mass is 32.2. The van der Waals surface area contributed by atoms with Gasteiger partial charge < -0.3 is 20.5 Å². The van der Waals surface area contributed by atoms with Crippen LogP contribution < -0.4 is 11.1 Å². The fraction of sp³-hybridized carbons (Fsp3) is 0.550. The Hall–Kier alpha value is -2.42. The van der Waals surface area contributed by atoms with Gasteiger partial charge in [0.05, 0.1) is 19.1 Å². The number of thioether (sulfide) groups is 1. The van der Waals surface area contributed by atoms with Crippen LogP contribution in [0.3, 0.4) is 0 Å². The Balaban J connectivity index is 2.29. The van der Waals surface area contributed by atoms with Gasteiger partial charge in [-0.15, -0.1) is 11.8 Å². The molecule has 1 aromatic rings. The standard InChI is InChI=1S/C20H29N3O5S/c1-19(2)15(23(18(26)28-6)20(3,4)29-19)16(24)22-14(17(25)27-5)11-12-7-9-13(21)10-8-12/h7-10,14-15H,11,21H2,1-6H3,(H,22,24). The number of carbonyl (C=O) groups is 3.